The molecule has 0 fully saturated rings. The Kier molecular flexibility index (Phi) is 4.09. The molecule has 0 radical (unpaired) electrons. The highest BCUT2D eigenvalue weighted by Gasteiger charge is 2.01. The van der Waals surface area contributed by atoms with Gasteiger partial charge in [0.25, 0.3) is 0 Å². The van der Waals surface area contributed by atoms with Gasteiger partial charge >= 0.3 is 0 Å². The second kappa shape index (κ2) is 5.77. The number of nitrogens with one attached hydrogen (secondary N) is 1. The highest BCUT2D eigenvalue weighted by Crippen LogP contribution is 2.18. The summed E-state index contributed by atoms with van der Waals surface area (Å²) < 4.78 is 0. The summed E-state index contributed by atoms with van der Waals surface area (Å²) in [6.07, 6.45) is 4.11. The van der Waals surface area contributed by atoms with Gasteiger partial charge in [0.05, 0.1) is 0 Å². The average Bonchev–Trinajstić information content (AvgIpc) is 2.78. The van der Waals surface area contributed by atoms with Gasteiger partial charge in [-0.3, -0.25) is 4.99 Å². The Morgan fingerprint density at radius 3 is 3.00 bits per heavy atom. The molecule has 0 aliphatic heterocycles. The van der Waals surface area contributed by atoms with Gasteiger partial charge in [-0.1, -0.05) is 18.2 Å². The maximum atomic E-state index is 5.59. The van der Waals surface area contributed by atoms with E-state index >= 15 is 0 Å². The molecule has 0 atom stereocenters. The number of aromatic amines is 1. The van der Waals surface area contributed by atoms with E-state index in [0.29, 0.717) is 11.6 Å². The number of amidine groups is 1. The number of fused-ring (bicyclic) bond motifs is 1. The number of nitrogens with zero attached hydrogens (tertiary/aromatic N) is 1. The van der Waals surface area contributed by atoms with Crippen LogP contribution in [0.5, 0.6) is 0 Å². The molecule has 3 nitrogen and oxygen atoms in total. The van der Waals surface area contributed by atoms with Gasteiger partial charge in [0.1, 0.15) is 5.84 Å². The lowest BCUT2D eigenvalue weighted by molar-refractivity contribution is 0.836. The van der Waals surface area contributed by atoms with Crippen LogP contribution in [0.1, 0.15) is 12.0 Å². The quantitative estimate of drug-likeness (QED) is 0.323. The average molecular weight is 247 g/mol. The third-order valence-corrected chi connectivity index (χ3v) is 3.08. The molecule has 3 N–H and O–H groups in total. The normalized spacial score (nSPS) is 12.2. The topological polar surface area (TPSA) is 54.2 Å². The molecule has 90 valence electrons. The third-order valence-electron chi connectivity index (χ3n) is 2.76. The van der Waals surface area contributed by atoms with Crippen LogP contribution in [0.2, 0.25) is 0 Å². The van der Waals surface area contributed by atoms with Crippen molar-refractivity contribution in [1.82, 2.24) is 4.98 Å². The fraction of sp³-hybridized carbons (Fsp3) is 0.308. The highest BCUT2D eigenvalue weighted by molar-refractivity contribution is 7.81. The fourth-order valence-electron chi connectivity index (χ4n) is 1.88. The molecule has 0 unspecified atom stereocenters. The van der Waals surface area contributed by atoms with Gasteiger partial charge in [0.2, 0.25) is 0 Å². The molecule has 1 aromatic heterocycles. The van der Waals surface area contributed by atoms with E-state index in [1.54, 1.807) is 0 Å². The molecule has 0 saturated carbocycles. The molecule has 0 spiro atoms. The predicted molar refractivity (Wildman–Crippen MR) is 77.0 cm³/mol. The van der Waals surface area contributed by atoms with Gasteiger partial charge < -0.3 is 10.7 Å². The lowest BCUT2D eigenvalue weighted by Crippen LogP contribution is -2.13. The molecule has 0 amide bonds. The Labute approximate surface area is 107 Å². The first-order valence-electron chi connectivity index (χ1n) is 5.76. The van der Waals surface area contributed by atoms with E-state index in [-0.39, 0.29) is 0 Å². The van der Waals surface area contributed by atoms with Crippen molar-refractivity contribution in [2.45, 2.75) is 12.8 Å². The van der Waals surface area contributed by atoms with Gasteiger partial charge in [-0.05, 0) is 24.5 Å². The van der Waals surface area contributed by atoms with Crippen molar-refractivity contribution in [2.75, 3.05) is 12.3 Å². The first kappa shape index (κ1) is 12.0. The van der Waals surface area contributed by atoms with Crippen LogP contribution < -0.4 is 5.73 Å². The van der Waals surface area contributed by atoms with Gasteiger partial charge in [0.15, 0.2) is 0 Å². The molecular formula is C13H17N3S. The summed E-state index contributed by atoms with van der Waals surface area (Å²) in [4.78, 5) is 7.51. The van der Waals surface area contributed by atoms with E-state index in [1.807, 2.05) is 6.07 Å². The smallest absolute Gasteiger partial charge is 0.103 e. The van der Waals surface area contributed by atoms with Crippen LogP contribution in [0.25, 0.3) is 10.9 Å². The van der Waals surface area contributed by atoms with Crippen molar-refractivity contribution in [3.63, 3.8) is 0 Å². The number of aliphatic imine (C=N–C) groups is 1. The molecule has 0 saturated heterocycles. The van der Waals surface area contributed by atoms with Crippen LogP contribution in [0.15, 0.2) is 35.5 Å². The van der Waals surface area contributed by atoms with E-state index in [9.17, 15) is 0 Å². The molecule has 1 aromatic carbocycles. The summed E-state index contributed by atoms with van der Waals surface area (Å²) in [6, 6.07) is 8.35. The molecule has 17 heavy (non-hydrogen) atoms. The molecular weight excluding hydrogens is 230 g/mol. The van der Waals surface area contributed by atoms with Crippen LogP contribution in [0, 0.1) is 0 Å². The number of benzene rings is 1. The van der Waals surface area contributed by atoms with Crippen molar-refractivity contribution < 1.29 is 0 Å². The summed E-state index contributed by atoms with van der Waals surface area (Å²) in [5, 5.41) is 1.30. The zero-order valence-electron chi connectivity index (χ0n) is 9.69. The maximum absolute atomic E-state index is 5.59. The molecule has 0 bridgehead atoms. The number of rotatable bonds is 5. The molecule has 2 rings (SSSR count). The van der Waals surface area contributed by atoms with Gasteiger partial charge in [0, 0.05) is 29.4 Å². The van der Waals surface area contributed by atoms with Crippen molar-refractivity contribution in [2.24, 2.45) is 10.7 Å². The Hall–Kier alpha value is -1.42. The summed E-state index contributed by atoms with van der Waals surface area (Å²) >= 11 is 4.07. The first-order chi connectivity index (χ1) is 8.31. The standard InChI is InChI=1S/C13H17N3S/c14-13(9-17)15-7-3-4-10-8-16-12-6-2-1-5-11(10)12/h1-2,5-6,8,16-17H,3-4,7,9H2,(H2,14,15). The van der Waals surface area contributed by atoms with Crippen LogP contribution in [0.4, 0.5) is 0 Å². The number of aryl methyl sites for hydroxylation is 1. The minimum Gasteiger partial charge on any atom is -0.387 e. The largest absolute Gasteiger partial charge is 0.387 e. The molecule has 2 aromatic rings. The number of nitrogens with two attached hydrogens (primary N) is 1. The summed E-state index contributed by atoms with van der Waals surface area (Å²) in [6.45, 7) is 0.770. The summed E-state index contributed by atoms with van der Waals surface area (Å²) in [5.41, 5.74) is 8.13. The number of para-hydroxylation sites is 1. The molecule has 0 aliphatic rings. The Morgan fingerprint density at radius 1 is 1.35 bits per heavy atom. The number of aromatic nitrogens is 1. The van der Waals surface area contributed by atoms with Gasteiger partial charge in [-0.15, -0.1) is 0 Å². The summed E-state index contributed by atoms with van der Waals surface area (Å²) in [7, 11) is 0. The van der Waals surface area contributed by atoms with E-state index in [1.165, 1.54) is 16.5 Å². The van der Waals surface area contributed by atoms with Crippen LogP contribution in [-0.4, -0.2) is 23.1 Å². The molecule has 4 heteroatoms. The predicted octanol–water partition coefficient (Wildman–Crippen LogP) is 2.39. The van der Waals surface area contributed by atoms with Crippen molar-refractivity contribution in [3.8, 4) is 0 Å². The maximum Gasteiger partial charge on any atom is 0.103 e. The summed E-state index contributed by atoms with van der Waals surface area (Å²) in [5.74, 6) is 1.15. The van der Waals surface area contributed by atoms with Crippen LogP contribution in [0.3, 0.4) is 0 Å². The first-order valence-corrected chi connectivity index (χ1v) is 6.39. The lowest BCUT2D eigenvalue weighted by atomic mass is 10.1. The highest BCUT2D eigenvalue weighted by atomic mass is 32.1. The van der Waals surface area contributed by atoms with Crippen molar-refractivity contribution >= 4 is 29.4 Å². The Bertz CT molecular complexity index is 516. The molecule has 0 aliphatic carbocycles. The van der Waals surface area contributed by atoms with E-state index in [0.717, 1.165) is 19.4 Å². The van der Waals surface area contributed by atoms with Crippen molar-refractivity contribution in [3.05, 3.63) is 36.0 Å². The fourth-order valence-corrected chi connectivity index (χ4v) is 1.98. The van der Waals surface area contributed by atoms with E-state index < -0.39 is 0 Å². The molecule has 1 heterocycles. The van der Waals surface area contributed by atoms with Crippen LogP contribution in [-0.2, 0) is 6.42 Å². The Balaban J connectivity index is 1.95. The van der Waals surface area contributed by atoms with E-state index in [2.05, 4.69) is 47.0 Å². The number of thiol groups is 1. The third kappa shape index (κ3) is 3.03. The minimum absolute atomic E-state index is 0.535. The van der Waals surface area contributed by atoms with Crippen molar-refractivity contribution in [1.29, 1.82) is 0 Å². The minimum atomic E-state index is 0.535. The number of hydrogen-bond donors (Lipinski definition) is 3. The zero-order chi connectivity index (χ0) is 12.1. The van der Waals surface area contributed by atoms with Crippen LogP contribution >= 0.6 is 12.6 Å². The zero-order valence-corrected chi connectivity index (χ0v) is 10.6. The number of hydrogen-bond acceptors (Lipinski definition) is 2. The van der Waals surface area contributed by atoms with E-state index in [4.69, 9.17) is 5.73 Å². The van der Waals surface area contributed by atoms with Gasteiger partial charge in [-0.25, -0.2) is 0 Å². The second-order valence-corrected chi connectivity index (χ2v) is 4.31. The Morgan fingerprint density at radius 2 is 2.18 bits per heavy atom. The number of H-pyrrole nitrogens is 1. The lowest BCUT2D eigenvalue weighted by Gasteiger charge is -1.98. The SMILES string of the molecule is NC(CS)=NCCCc1c[nH]c2ccccc12. The second-order valence-electron chi connectivity index (χ2n) is 3.99. The monoisotopic (exact) mass is 247 g/mol. The van der Waals surface area contributed by atoms with Gasteiger partial charge in [-0.2, -0.15) is 12.6 Å².